The van der Waals surface area contributed by atoms with E-state index in [4.69, 9.17) is 0 Å². The van der Waals surface area contributed by atoms with Crippen LogP contribution in [0.15, 0.2) is 23.1 Å². The number of nitrogens with one attached hydrogen (secondary N) is 1. The first-order chi connectivity index (χ1) is 9.65. The molecule has 2 heterocycles. The minimum absolute atomic E-state index is 0.0435. The maximum Gasteiger partial charge on any atom is 0.248 e. The van der Waals surface area contributed by atoms with Crippen molar-refractivity contribution in [2.24, 2.45) is 5.92 Å². The van der Waals surface area contributed by atoms with Gasteiger partial charge in [0.2, 0.25) is 11.5 Å². The smallest absolute Gasteiger partial charge is 0.248 e. The van der Waals surface area contributed by atoms with Crippen LogP contribution in [0.5, 0.6) is 0 Å². The summed E-state index contributed by atoms with van der Waals surface area (Å²) in [5.41, 5.74) is 1.06. The highest BCUT2D eigenvalue weighted by molar-refractivity contribution is 5.78. The molecule has 1 amide bonds. The van der Waals surface area contributed by atoms with Crippen LogP contribution in [-0.2, 0) is 4.79 Å². The molecule has 0 saturated carbocycles. The monoisotopic (exact) mass is 276 g/mol. The summed E-state index contributed by atoms with van der Waals surface area (Å²) >= 11 is 0. The van der Waals surface area contributed by atoms with E-state index in [0.29, 0.717) is 11.8 Å². The maximum absolute atomic E-state index is 12.3. The summed E-state index contributed by atoms with van der Waals surface area (Å²) in [4.78, 5) is 28.3. The molecule has 0 aliphatic carbocycles. The van der Waals surface area contributed by atoms with Crippen LogP contribution < -0.4 is 5.56 Å². The average molecular weight is 276 g/mol. The SMILES string of the molecule is CCC(CC)C(=O)N1CCC(c2cc[nH]c(=O)c2)CC1. The van der Waals surface area contributed by atoms with Gasteiger partial charge in [0.25, 0.3) is 0 Å². The number of H-pyrrole nitrogens is 1. The molecule has 0 radical (unpaired) electrons. The summed E-state index contributed by atoms with van der Waals surface area (Å²) < 4.78 is 0. The van der Waals surface area contributed by atoms with Gasteiger partial charge in [-0.15, -0.1) is 0 Å². The molecule has 1 N–H and O–H groups in total. The largest absolute Gasteiger partial charge is 0.342 e. The Morgan fingerprint density at radius 3 is 2.55 bits per heavy atom. The lowest BCUT2D eigenvalue weighted by atomic mass is 9.89. The van der Waals surface area contributed by atoms with E-state index < -0.39 is 0 Å². The molecule has 20 heavy (non-hydrogen) atoms. The van der Waals surface area contributed by atoms with E-state index in [1.165, 1.54) is 0 Å². The van der Waals surface area contributed by atoms with Crippen molar-refractivity contribution in [1.29, 1.82) is 0 Å². The molecule has 1 aromatic heterocycles. The highest BCUT2D eigenvalue weighted by Gasteiger charge is 2.27. The third-order valence-electron chi connectivity index (χ3n) is 4.41. The molecule has 1 aliphatic heterocycles. The fraction of sp³-hybridized carbons (Fsp3) is 0.625. The van der Waals surface area contributed by atoms with Crippen molar-refractivity contribution in [3.8, 4) is 0 Å². The predicted octanol–water partition coefficient (Wildman–Crippen LogP) is 2.52. The molecule has 0 unspecified atom stereocenters. The molecular formula is C16H24N2O2. The van der Waals surface area contributed by atoms with E-state index in [2.05, 4.69) is 18.8 Å². The van der Waals surface area contributed by atoms with E-state index in [1.807, 2.05) is 11.0 Å². The van der Waals surface area contributed by atoms with E-state index in [0.717, 1.165) is 44.3 Å². The van der Waals surface area contributed by atoms with Crippen molar-refractivity contribution in [2.45, 2.75) is 45.4 Å². The topological polar surface area (TPSA) is 53.2 Å². The zero-order chi connectivity index (χ0) is 14.5. The molecule has 0 atom stereocenters. The molecule has 4 heteroatoms. The minimum Gasteiger partial charge on any atom is -0.342 e. The lowest BCUT2D eigenvalue weighted by Gasteiger charge is -2.34. The van der Waals surface area contributed by atoms with Gasteiger partial charge in [-0.2, -0.15) is 0 Å². The van der Waals surface area contributed by atoms with E-state index >= 15 is 0 Å². The Morgan fingerprint density at radius 1 is 1.35 bits per heavy atom. The molecule has 1 aromatic rings. The summed E-state index contributed by atoms with van der Waals surface area (Å²) in [5, 5.41) is 0. The third kappa shape index (κ3) is 3.30. The van der Waals surface area contributed by atoms with Crippen LogP contribution in [0.4, 0.5) is 0 Å². The van der Waals surface area contributed by atoms with Gasteiger partial charge in [-0.1, -0.05) is 13.8 Å². The van der Waals surface area contributed by atoms with Gasteiger partial charge >= 0.3 is 0 Å². The predicted molar refractivity (Wildman–Crippen MR) is 79.7 cm³/mol. The summed E-state index contributed by atoms with van der Waals surface area (Å²) in [5.74, 6) is 0.883. The second-order valence-electron chi connectivity index (χ2n) is 5.60. The Bertz CT molecular complexity index is 497. The second-order valence-corrected chi connectivity index (χ2v) is 5.60. The Balaban J connectivity index is 1.95. The maximum atomic E-state index is 12.3. The minimum atomic E-state index is -0.0435. The summed E-state index contributed by atoms with van der Waals surface area (Å²) in [6.45, 7) is 5.78. The van der Waals surface area contributed by atoms with Crippen LogP contribution >= 0.6 is 0 Å². The van der Waals surface area contributed by atoms with Gasteiger partial charge in [-0.25, -0.2) is 0 Å². The van der Waals surface area contributed by atoms with Gasteiger partial charge in [0.1, 0.15) is 0 Å². The lowest BCUT2D eigenvalue weighted by molar-refractivity contribution is -0.136. The van der Waals surface area contributed by atoms with Crippen LogP contribution in [0.25, 0.3) is 0 Å². The molecule has 0 spiro atoms. The van der Waals surface area contributed by atoms with Gasteiger partial charge < -0.3 is 9.88 Å². The second kappa shape index (κ2) is 6.73. The number of hydrogen-bond acceptors (Lipinski definition) is 2. The highest BCUT2D eigenvalue weighted by Crippen LogP contribution is 2.28. The van der Waals surface area contributed by atoms with E-state index in [-0.39, 0.29) is 11.5 Å². The molecule has 1 saturated heterocycles. The normalized spacial score (nSPS) is 16.6. The lowest BCUT2D eigenvalue weighted by Crippen LogP contribution is -2.41. The number of likely N-dealkylation sites (tertiary alicyclic amines) is 1. The number of aromatic nitrogens is 1. The molecule has 2 rings (SSSR count). The van der Waals surface area contributed by atoms with Crippen LogP contribution in [0.2, 0.25) is 0 Å². The molecule has 0 bridgehead atoms. The molecule has 110 valence electrons. The fourth-order valence-corrected chi connectivity index (χ4v) is 3.04. The first-order valence-electron chi connectivity index (χ1n) is 7.63. The van der Waals surface area contributed by atoms with Crippen LogP contribution in [0.1, 0.15) is 51.0 Å². The molecule has 4 nitrogen and oxygen atoms in total. The summed E-state index contributed by atoms with van der Waals surface area (Å²) in [6, 6.07) is 3.66. The van der Waals surface area contributed by atoms with Crippen LogP contribution in [-0.4, -0.2) is 28.9 Å². The first kappa shape index (κ1) is 14.8. The first-order valence-corrected chi connectivity index (χ1v) is 7.63. The van der Waals surface area contributed by atoms with Crippen LogP contribution in [0.3, 0.4) is 0 Å². The fourth-order valence-electron chi connectivity index (χ4n) is 3.04. The number of carbonyl (C=O) groups is 1. The molecule has 0 aromatic carbocycles. The zero-order valence-electron chi connectivity index (χ0n) is 12.4. The highest BCUT2D eigenvalue weighted by atomic mass is 16.2. The van der Waals surface area contributed by atoms with Crippen molar-refractivity contribution in [1.82, 2.24) is 9.88 Å². The number of carbonyl (C=O) groups excluding carboxylic acids is 1. The van der Waals surface area contributed by atoms with Gasteiger partial charge in [-0.3, -0.25) is 9.59 Å². The average Bonchev–Trinajstić information content (AvgIpc) is 2.48. The summed E-state index contributed by atoms with van der Waals surface area (Å²) in [6.07, 6.45) is 5.46. The number of hydrogen-bond donors (Lipinski definition) is 1. The number of rotatable bonds is 4. The molecule has 1 aliphatic rings. The molecular weight excluding hydrogens is 252 g/mol. The Kier molecular flexibility index (Phi) is 4.99. The zero-order valence-corrected chi connectivity index (χ0v) is 12.4. The van der Waals surface area contributed by atoms with Crippen molar-refractivity contribution in [3.05, 3.63) is 34.2 Å². The van der Waals surface area contributed by atoms with Crippen molar-refractivity contribution >= 4 is 5.91 Å². The van der Waals surface area contributed by atoms with E-state index in [9.17, 15) is 9.59 Å². The third-order valence-corrected chi connectivity index (χ3v) is 4.41. The Labute approximate surface area is 120 Å². The Morgan fingerprint density at radius 2 is 2.00 bits per heavy atom. The number of amides is 1. The van der Waals surface area contributed by atoms with Crippen molar-refractivity contribution < 1.29 is 4.79 Å². The number of piperidine rings is 1. The van der Waals surface area contributed by atoms with E-state index in [1.54, 1.807) is 12.3 Å². The Hall–Kier alpha value is -1.58. The van der Waals surface area contributed by atoms with Gasteiger partial charge in [0.15, 0.2) is 0 Å². The van der Waals surface area contributed by atoms with Gasteiger partial charge in [0, 0.05) is 31.3 Å². The number of nitrogens with zero attached hydrogens (tertiary/aromatic N) is 1. The quantitative estimate of drug-likeness (QED) is 0.918. The van der Waals surface area contributed by atoms with Gasteiger partial charge in [0.05, 0.1) is 0 Å². The standard InChI is InChI=1S/C16H24N2O2/c1-3-12(4-2)16(20)18-9-6-13(7-10-18)14-5-8-17-15(19)11-14/h5,8,11-13H,3-4,6-7,9-10H2,1-2H3,(H,17,19). The molecule has 1 fully saturated rings. The van der Waals surface area contributed by atoms with Crippen molar-refractivity contribution in [2.75, 3.05) is 13.1 Å². The van der Waals surface area contributed by atoms with Crippen molar-refractivity contribution in [3.63, 3.8) is 0 Å². The van der Waals surface area contributed by atoms with Gasteiger partial charge in [-0.05, 0) is 43.2 Å². The number of pyridine rings is 1. The summed E-state index contributed by atoms with van der Waals surface area (Å²) in [7, 11) is 0. The number of aromatic amines is 1. The van der Waals surface area contributed by atoms with Crippen LogP contribution in [0, 0.1) is 5.92 Å².